The summed E-state index contributed by atoms with van der Waals surface area (Å²) in [5, 5.41) is 5.26. The summed E-state index contributed by atoms with van der Waals surface area (Å²) < 4.78 is 8.43. The predicted molar refractivity (Wildman–Crippen MR) is 128 cm³/mol. The van der Waals surface area contributed by atoms with Crippen molar-refractivity contribution in [3.8, 4) is 0 Å². The number of aromatic nitrogens is 3. The first-order valence-electron chi connectivity index (χ1n) is 10.5. The highest BCUT2D eigenvalue weighted by Crippen LogP contribution is 2.32. The van der Waals surface area contributed by atoms with Gasteiger partial charge in [0.1, 0.15) is 0 Å². The number of hydrogen-bond donors (Lipinski definition) is 0. The molecule has 31 heavy (non-hydrogen) atoms. The van der Waals surface area contributed by atoms with Gasteiger partial charge in [0.15, 0.2) is 10.8 Å². The van der Waals surface area contributed by atoms with E-state index >= 15 is 0 Å². The lowest BCUT2D eigenvalue weighted by molar-refractivity contribution is 0.0391. The number of hydrogen-bond acceptors (Lipinski definition) is 6. The number of benzene rings is 1. The van der Waals surface area contributed by atoms with E-state index in [1.807, 2.05) is 24.6 Å². The van der Waals surface area contributed by atoms with Crippen LogP contribution in [0.25, 0.3) is 10.2 Å². The molecule has 0 unspecified atom stereocenters. The van der Waals surface area contributed by atoms with Crippen molar-refractivity contribution in [1.82, 2.24) is 19.7 Å². The summed E-state index contributed by atoms with van der Waals surface area (Å²) in [4.78, 5) is 22.5. The van der Waals surface area contributed by atoms with E-state index in [-0.39, 0.29) is 18.3 Å². The van der Waals surface area contributed by atoms with E-state index in [0.717, 1.165) is 66.0 Å². The molecule has 0 bridgehead atoms. The Morgan fingerprint density at radius 2 is 1.94 bits per heavy atom. The number of fused-ring (bicyclic) bond motifs is 1. The molecule has 1 aliphatic rings. The molecule has 1 amide bonds. The number of carbonyl (C=O) groups excluding carboxylic acids is 1. The van der Waals surface area contributed by atoms with Crippen LogP contribution in [-0.4, -0.2) is 65.0 Å². The predicted octanol–water partition coefficient (Wildman–Crippen LogP) is 3.84. The van der Waals surface area contributed by atoms with Gasteiger partial charge in [-0.2, -0.15) is 5.10 Å². The van der Waals surface area contributed by atoms with E-state index in [1.165, 1.54) is 5.56 Å². The number of carbonyl (C=O) groups is 1. The average molecular weight is 464 g/mol. The minimum absolute atomic E-state index is 0. The van der Waals surface area contributed by atoms with E-state index < -0.39 is 0 Å². The molecule has 0 spiro atoms. The molecule has 4 rings (SSSR count). The molecular formula is C22H30ClN5O2S. The van der Waals surface area contributed by atoms with Gasteiger partial charge in [-0.3, -0.25) is 19.3 Å². The maximum Gasteiger partial charge on any atom is 0.280 e. The molecule has 1 aliphatic heterocycles. The van der Waals surface area contributed by atoms with Gasteiger partial charge in [0.2, 0.25) is 0 Å². The molecule has 0 saturated carbocycles. The Morgan fingerprint density at radius 1 is 1.19 bits per heavy atom. The van der Waals surface area contributed by atoms with Gasteiger partial charge < -0.3 is 4.74 Å². The van der Waals surface area contributed by atoms with Crippen molar-refractivity contribution in [1.29, 1.82) is 0 Å². The van der Waals surface area contributed by atoms with Crippen molar-refractivity contribution >= 4 is 45.0 Å². The Hall–Kier alpha value is -2.00. The minimum Gasteiger partial charge on any atom is -0.379 e. The van der Waals surface area contributed by atoms with Gasteiger partial charge in [-0.1, -0.05) is 17.4 Å². The number of anilines is 1. The molecule has 1 saturated heterocycles. The largest absolute Gasteiger partial charge is 0.379 e. The fraction of sp³-hybridized carbons (Fsp3) is 0.500. The second-order valence-corrected chi connectivity index (χ2v) is 8.83. The number of amides is 1. The minimum atomic E-state index is -0.0907. The molecule has 0 N–H and O–H groups in total. The topological polar surface area (TPSA) is 63.5 Å². The summed E-state index contributed by atoms with van der Waals surface area (Å²) in [6, 6.07) is 6.15. The van der Waals surface area contributed by atoms with Gasteiger partial charge in [0, 0.05) is 38.4 Å². The quantitative estimate of drug-likeness (QED) is 0.555. The van der Waals surface area contributed by atoms with Crippen LogP contribution >= 0.6 is 23.7 Å². The fourth-order valence-corrected chi connectivity index (χ4v) is 5.06. The third kappa shape index (κ3) is 5.09. The lowest BCUT2D eigenvalue weighted by atomic mass is 10.1. The molecule has 0 atom stereocenters. The van der Waals surface area contributed by atoms with Crippen LogP contribution in [0, 0.1) is 20.8 Å². The van der Waals surface area contributed by atoms with Gasteiger partial charge in [-0.05, 0) is 51.0 Å². The summed E-state index contributed by atoms with van der Waals surface area (Å²) >= 11 is 1.58. The Labute approximate surface area is 193 Å². The van der Waals surface area contributed by atoms with Gasteiger partial charge in [-0.15, -0.1) is 12.4 Å². The molecule has 3 aromatic rings. The molecule has 0 aliphatic carbocycles. The molecular weight excluding hydrogens is 434 g/mol. The van der Waals surface area contributed by atoms with E-state index in [2.05, 4.69) is 36.0 Å². The second-order valence-electron chi connectivity index (χ2n) is 7.82. The zero-order valence-corrected chi connectivity index (χ0v) is 20.2. The molecule has 9 heteroatoms. The fourth-order valence-electron chi connectivity index (χ4n) is 3.90. The Kier molecular flexibility index (Phi) is 7.69. The standard InChI is InChI=1S/C22H29N5O2S.ClH/c1-5-27-17(4)14-18(24-27)21(28)26(7-6-25-8-10-29-11-9-25)22-23-20-16(3)12-15(2)13-19(20)30-22;/h12-14H,5-11H2,1-4H3;1H. The Bertz CT molecular complexity index is 1060. The van der Waals surface area contributed by atoms with Gasteiger partial charge in [0.25, 0.3) is 5.91 Å². The molecule has 168 valence electrons. The van der Waals surface area contributed by atoms with Crippen LogP contribution in [0.4, 0.5) is 5.13 Å². The molecule has 7 nitrogen and oxygen atoms in total. The highest BCUT2D eigenvalue weighted by molar-refractivity contribution is 7.22. The summed E-state index contributed by atoms with van der Waals surface area (Å²) in [5.41, 5.74) is 4.78. The first kappa shape index (κ1) is 23.7. The van der Waals surface area contributed by atoms with Crippen LogP contribution in [-0.2, 0) is 11.3 Å². The van der Waals surface area contributed by atoms with Crippen molar-refractivity contribution < 1.29 is 9.53 Å². The Morgan fingerprint density at radius 3 is 2.61 bits per heavy atom. The van der Waals surface area contributed by atoms with Crippen LogP contribution in [0.1, 0.15) is 34.2 Å². The lowest BCUT2D eigenvalue weighted by Gasteiger charge is -2.29. The number of aryl methyl sites for hydroxylation is 4. The number of thiazole rings is 1. The SMILES string of the molecule is CCn1nc(C(=O)N(CCN2CCOCC2)c2nc3c(C)cc(C)cc3s2)cc1C.Cl. The van der Waals surface area contributed by atoms with E-state index in [1.54, 1.807) is 16.2 Å². The summed E-state index contributed by atoms with van der Waals surface area (Å²) in [6.07, 6.45) is 0. The zero-order valence-electron chi connectivity index (χ0n) is 18.6. The van der Waals surface area contributed by atoms with Crippen molar-refractivity contribution in [3.63, 3.8) is 0 Å². The maximum absolute atomic E-state index is 13.5. The number of morpholine rings is 1. The van der Waals surface area contributed by atoms with Crippen molar-refractivity contribution in [3.05, 3.63) is 40.7 Å². The number of nitrogens with zero attached hydrogens (tertiary/aromatic N) is 5. The van der Waals surface area contributed by atoms with Crippen LogP contribution < -0.4 is 4.90 Å². The monoisotopic (exact) mass is 463 g/mol. The van der Waals surface area contributed by atoms with Gasteiger partial charge in [-0.25, -0.2) is 4.98 Å². The van der Waals surface area contributed by atoms with Crippen molar-refractivity contribution in [2.24, 2.45) is 0 Å². The second kappa shape index (κ2) is 10.1. The normalized spacial score (nSPS) is 14.6. The maximum atomic E-state index is 13.5. The highest BCUT2D eigenvalue weighted by Gasteiger charge is 2.25. The van der Waals surface area contributed by atoms with Crippen molar-refractivity contribution in [2.45, 2.75) is 34.2 Å². The van der Waals surface area contributed by atoms with E-state index in [0.29, 0.717) is 12.2 Å². The van der Waals surface area contributed by atoms with Crippen molar-refractivity contribution in [2.75, 3.05) is 44.3 Å². The summed E-state index contributed by atoms with van der Waals surface area (Å²) in [6.45, 7) is 13.6. The molecule has 1 aromatic carbocycles. The Balaban J connectivity index is 0.00000272. The van der Waals surface area contributed by atoms with Crippen LogP contribution in [0.5, 0.6) is 0 Å². The van der Waals surface area contributed by atoms with Crippen LogP contribution in [0.2, 0.25) is 0 Å². The molecule has 0 radical (unpaired) electrons. The summed E-state index contributed by atoms with van der Waals surface area (Å²) in [5.74, 6) is -0.0907. The first-order valence-corrected chi connectivity index (χ1v) is 11.3. The highest BCUT2D eigenvalue weighted by atomic mass is 35.5. The van der Waals surface area contributed by atoms with Crippen LogP contribution in [0.3, 0.4) is 0 Å². The van der Waals surface area contributed by atoms with E-state index in [4.69, 9.17) is 9.72 Å². The zero-order chi connectivity index (χ0) is 21.3. The van der Waals surface area contributed by atoms with Gasteiger partial charge >= 0.3 is 0 Å². The third-order valence-corrected chi connectivity index (χ3v) is 6.56. The number of halogens is 1. The van der Waals surface area contributed by atoms with Gasteiger partial charge in [0.05, 0.1) is 23.4 Å². The lowest BCUT2D eigenvalue weighted by Crippen LogP contribution is -2.43. The van der Waals surface area contributed by atoms with Crippen LogP contribution in [0.15, 0.2) is 18.2 Å². The smallest absolute Gasteiger partial charge is 0.280 e. The first-order chi connectivity index (χ1) is 14.5. The molecule has 1 fully saturated rings. The van der Waals surface area contributed by atoms with E-state index in [9.17, 15) is 4.79 Å². The number of rotatable bonds is 6. The third-order valence-electron chi connectivity index (χ3n) is 5.54. The molecule has 3 heterocycles. The average Bonchev–Trinajstić information content (AvgIpc) is 3.32. The number of ether oxygens (including phenoxy) is 1. The molecule has 2 aromatic heterocycles. The summed E-state index contributed by atoms with van der Waals surface area (Å²) in [7, 11) is 0.